The summed E-state index contributed by atoms with van der Waals surface area (Å²) in [5.41, 5.74) is 5.78. The predicted molar refractivity (Wildman–Crippen MR) is 137 cm³/mol. The van der Waals surface area contributed by atoms with Crippen LogP contribution in [-0.4, -0.2) is 42.3 Å². The van der Waals surface area contributed by atoms with Crippen molar-refractivity contribution in [2.75, 3.05) is 6.54 Å². The van der Waals surface area contributed by atoms with Crippen molar-refractivity contribution in [2.45, 2.75) is 37.7 Å². The number of carbonyl (C=O) groups excluding carboxylic acids is 1. The summed E-state index contributed by atoms with van der Waals surface area (Å²) in [6.07, 6.45) is 0.806. The van der Waals surface area contributed by atoms with Crippen molar-refractivity contribution in [3.8, 4) is 5.69 Å². The zero-order chi connectivity index (χ0) is 24.5. The van der Waals surface area contributed by atoms with Gasteiger partial charge >= 0.3 is 0 Å². The van der Waals surface area contributed by atoms with Crippen LogP contribution < -0.4 is 0 Å². The van der Waals surface area contributed by atoms with Crippen LogP contribution in [0.2, 0.25) is 10.0 Å². The maximum Gasteiger partial charge on any atom is 0.276 e. The molecular formula is C25H22Cl2N6OS. The minimum Gasteiger partial charge on any atom is -0.333 e. The van der Waals surface area contributed by atoms with Gasteiger partial charge in [-0.15, -0.1) is 5.10 Å². The number of amides is 1. The summed E-state index contributed by atoms with van der Waals surface area (Å²) in [6.45, 7) is 5.03. The molecule has 1 amide bonds. The molecule has 0 bridgehead atoms. The van der Waals surface area contributed by atoms with Gasteiger partial charge in [-0.3, -0.25) is 4.79 Å². The van der Waals surface area contributed by atoms with E-state index in [-0.39, 0.29) is 5.91 Å². The molecule has 2 aromatic carbocycles. The van der Waals surface area contributed by atoms with Crippen LogP contribution in [0, 0.1) is 13.8 Å². The van der Waals surface area contributed by atoms with E-state index < -0.39 is 0 Å². The lowest BCUT2D eigenvalue weighted by Gasteiger charge is -2.28. The van der Waals surface area contributed by atoms with Crippen molar-refractivity contribution in [1.29, 1.82) is 0 Å². The second kappa shape index (κ2) is 9.97. The number of aromatic nitrogens is 5. The molecule has 178 valence electrons. The van der Waals surface area contributed by atoms with Crippen molar-refractivity contribution in [3.63, 3.8) is 0 Å². The number of carbonyl (C=O) groups is 1. The van der Waals surface area contributed by atoms with Crippen molar-refractivity contribution in [2.24, 2.45) is 0 Å². The van der Waals surface area contributed by atoms with Crippen molar-refractivity contribution >= 4 is 40.9 Å². The highest BCUT2D eigenvalue weighted by atomic mass is 35.5. The minimum absolute atomic E-state index is 0.157. The van der Waals surface area contributed by atoms with Gasteiger partial charge in [0.05, 0.1) is 11.4 Å². The van der Waals surface area contributed by atoms with Crippen LogP contribution in [0.25, 0.3) is 5.69 Å². The fourth-order valence-electron chi connectivity index (χ4n) is 4.18. The van der Waals surface area contributed by atoms with Crippen LogP contribution in [-0.2, 0) is 18.7 Å². The summed E-state index contributed by atoms with van der Waals surface area (Å²) in [4.78, 5) is 24.5. The Bertz CT molecular complexity index is 1380. The summed E-state index contributed by atoms with van der Waals surface area (Å²) in [6, 6.07) is 15.3. The quantitative estimate of drug-likeness (QED) is 0.254. The van der Waals surface area contributed by atoms with Gasteiger partial charge in [0.1, 0.15) is 0 Å². The first-order valence-electron chi connectivity index (χ1n) is 11.1. The lowest BCUT2D eigenvalue weighted by Crippen LogP contribution is -2.36. The maximum atomic E-state index is 13.6. The Kier molecular flexibility index (Phi) is 6.77. The van der Waals surface area contributed by atoms with Crippen LogP contribution in [0.3, 0.4) is 0 Å². The standard InChI is InChI=1S/C25H22Cl2N6OS/c1-15-9-16(2)29-25(28-15)35-14-22-23(30-31-33(22)21-11-19(26)10-20(27)12-21)24(34)32-8-7-17-5-3-4-6-18(17)13-32/h3-6,9-12H,7-8,13-14H2,1-2H3. The molecule has 5 rings (SSSR count). The topological polar surface area (TPSA) is 76.8 Å². The Balaban J connectivity index is 1.50. The molecule has 2 aromatic heterocycles. The van der Waals surface area contributed by atoms with Gasteiger partial charge in [0.2, 0.25) is 0 Å². The Morgan fingerprint density at radius 1 is 1.00 bits per heavy atom. The molecule has 7 nitrogen and oxygen atoms in total. The number of hydrogen-bond acceptors (Lipinski definition) is 6. The summed E-state index contributed by atoms with van der Waals surface area (Å²) in [5, 5.41) is 10.2. The molecule has 0 radical (unpaired) electrons. The molecule has 10 heteroatoms. The molecule has 1 aliphatic rings. The largest absolute Gasteiger partial charge is 0.333 e. The smallest absolute Gasteiger partial charge is 0.276 e. The first kappa shape index (κ1) is 23.8. The predicted octanol–water partition coefficient (Wildman–Crippen LogP) is 5.47. The molecular weight excluding hydrogens is 503 g/mol. The zero-order valence-electron chi connectivity index (χ0n) is 19.2. The SMILES string of the molecule is Cc1cc(C)nc(SCc2c(C(=O)N3CCc4ccccc4C3)nnn2-c2cc(Cl)cc(Cl)c2)n1. The molecule has 0 fully saturated rings. The first-order valence-corrected chi connectivity index (χ1v) is 12.8. The number of fused-ring (bicyclic) bond motifs is 1. The van der Waals surface area contributed by atoms with E-state index in [2.05, 4.69) is 32.4 Å². The molecule has 4 aromatic rings. The number of nitrogens with zero attached hydrogens (tertiary/aromatic N) is 6. The van der Waals surface area contributed by atoms with E-state index >= 15 is 0 Å². The number of thioether (sulfide) groups is 1. The molecule has 0 spiro atoms. The number of hydrogen-bond donors (Lipinski definition) is 0. The summed E-state index contributed by atoms with van der Waals surface area (Å²) in [5.74, 6) is 0.238. The molecule has 0 atom stereocenters. The van der Waals surface area contributed by atoms with Gasteiger partial charge in [-0.1, -0.05) is 64.4 Å². The molecule has 0 saturated heterocycles. The van der Waals surface area contributed by atoms with E-state index in [1.807, 2.05) is 36.9 Å². The fraction of sp³-hybridized carbons (Fsp3) is 0.240. The Morgan fingerprint density at radius 2 is 1.69 bits per heavy atom. The average Bonchev–Trinajstić information content (AvgIpc) is 3.24. The third-order valence-electron chi connectivity index (χ3n) is 5.78. The molecule has 0 aliphatic carbocycles. The van der Waals surface area contributed by atoms with Crippen LogP contribution in [0.1, 0.15) is 38.7 Å². The van der Waals surface area contributed by atoms with Crippen LogP contribution in [0.15, 0.2) is 53.7 Å². The highest BCUT2D eigenvalue weighted by Gasteiger charge is 2.28. The number of aryl methyl sites for hydroxylation is 2. The van der Waals surface area contributed by atoms with Gasteiger partial charge < -0.3 is 4.90 Å². The number of halogens is 2. The van der Waals surface area contributed by atoms with Crippen LogP contribution >= 0.6 is 35.0 Å². The lowest BCUT2D eigenvalue weighted by atomic mass is 10.00. The Hall–Kier alpha value is -2.94. The van der Waals surface area contributed by atoms with Gasteiger partial charge in [0, 0.05) is 40.3 Å². The molecule has 3 heterocycles. The van der Waals surface area contributed by atoms with E-state index in [0.717, 1.165) is 23.4 Å². The third-order valence-corrected chi connectivity index (χ3v) is 7.07. The molecule has 1 aliphatic heterocycles. The van der Waals surface area contributed by atoms with Crippen LogP contribution in [0.4, 0.5) is 0 Å². The Morgan fingerprint density at radius 3 is 2.40 bits per heavy atom. The second-order valence-electron chi connectivity index (χ2n) is 8.39. The van der Waals surface area contributed by atoms with E-state index in [9.17, 15) is 4.79 Å². The van der Waals surface area contributed by atoms with Gasteiger partial charge in [-0.25, -0.2) is 14.6 Å². The molecule has 0 saturated carbocycles. The third kappa shape index (κ3) is 5.19. The van der Waals surface area contributed by atoms with Gasteiger partial charge in [0.25, 0.3) is 5.91 Å². The Labute approximate surface area is 217 Å². The van der Waals surface area contributed by atoms with Crippen molar-refractivity contribution in [1.82, 2.24) is 29.9 Å². The highest BCUT2D eigenvalue weighted by molar-refractivity contribution is 7.98. The van der Waals surface area contributed by atoms with Crippen LogP contribution in [0.5, 0.6) is 0 Å². The molecule has 0 unspecified atom stereocenters. The van der Waals surface area contributed by atoms with E-state index in [1.54, 1.807) is 22.9 Å². The molecule has 35 heavy (non-hydrogen) atoms. The molecule has 0 N–H and O–H groups in total. The van der Waals surface area contributed by atoms with E-state index in [0.29, 0.717) is 51.1 Å². The van der Waals surface area contributed by atoms with E-state index in [1.165, 1.54) is 17.3 Å². The van der Waals surface area contributed by atoms with E-state index in [4.69, 9.17) is 23.2 Å². The van der Waals surface area contributed by atoms with Crippen molar-refractivity contribution in [3.05, 3.63) is 92.5 Å². The zero-order valence-corrected chi connectivity index (χ0v) is 21.5. The second-order valence-corrected chi connectivity index (χ2v) is 10.2. The normalized spacial score (nSPS) is 13.1. The van der Waals surface area contributed by atoms with Crippen molar-refractivity contribution < 1.29 is 4.79 Å². The number of rotatable bonds is 5. The van der Waals surface area contributed by atoms with Gasteiger partial charge in [-0.2, -0.15) is 0 Å². The first-order chi connectivity index (χ1) is 16.9. The van der Waals surface area contributed by atoms with Gasteiger partial charge in [-0.05, 0) is 55.7 Å². The number of benzene rings is 2. The summed E-state index contributed by atoms with van der Waals surface area (Å²) >= 11 is 13.9. The van der Waals surface area contributed by atoms with Gasteiger partial charge in [0.15, 0.2) is 10.9 Å². The average molecular weight is 525 g/mol. The lowest BCUT2D eigenvalue weighted by molar-refractivity contribution is 0.0727. The fourth-order valence-corrected chi connectivity index (χ4v) is 5.63. The monoisotopic (exact) mass is 524 g/mol. The highest BCUT2D eigenvalue weighted by Crippen LogP contribution is 2.28. The maximum absolute atomic E-state index is 13.6. The summed E-state index contributed by atoms with van der Waals surface area (Å²) in [7, 11) is 0. The minimum atomic E-state index is -0.157. The summed E-state index contributed by atoms with van der Waals surface area (Å²) < 4.78 is 1.62.